The van der Waals surface area contributed by atoms with E-state index in [4.69, 9.17) is 9.84 Å². The number of hydrogen-bond acceptors (Lipinski definition) is 3. The molecular weight excluding hydrogens is 258 g/mol. The fraction of sp³-hybridized carbons (Fsp3) is 0.333. The molecule has 0 saturated heterocycles. The van der Waals surface area contributed by atoms with Gasteiger partial charge in [-0.2, -0.15) is 0 Å². The topological polar surface area (TPSA) is 66.8 Å². The van der Waals surface area contributed by atoms with Crippen molar-refractivity contribution >= 4 is 18.0 Å². The van der Waals surface area contributed by atoms with Gasteiger partial charge in [0.05, 0.1) is 0 Å². The Labute approximate surface area is 118 Å². The van der Waals surface area contributed by atoms with Gasteiger partial charge in [0, 0.05) is 26.8 Å². The fourth-order valence-electron chi connectivity index (χ4n) is 1.73. The van der Waals surface area contributed by atoms with Crippen LogP contribution in [0.2, 0.25) is 0 Å². The van der Waals surface area contributed by atoms with E-state index in [0.29, 0.717) is 6.54 Å². The highest BCUT2D eigenvalue weighted by molar-refractivity contribution is 5.85. The zero-order chi connectivity index (χ0) is 15.1. The molecule has 0 radical (unpaired) electrons. The quantitative estimate of drug-likeness (QED) is 0.805. The molecule has 108 valence electrons. The van der Waals surface area contributed by atoms with Gasteiger partial charge in [-0.25, -0.2) is 4.79 Å². The van der Waals surface area contributed by atoms with E-state index in [-0.39, 0.29) is 5.91 Å². The molecule has 0 aromatic heterocycles. The van der Waals surface area contributed by atoms with E-state index >= 15 is 0 Å². The van der Waals surface area contributed by atoms with Crippen LogP contribution in [0.15, 0.2) is 30.3 Å². The molecule has 0 aliphatic carbocycles. The molecule has 1 amide bonds. The van der Waals surface area contributed by atoms with E-state index in [1.165, 1.54) is 13.2 Å². The Balaban J connectivity index is 2.75. The van der Waals surface area contributed by atoms with Crippen LogP contribution in [-0.4, -0.2) is 42.1 Å². The van der Waals surface area contributed by atoms with Crippen molar-refractivity contribution in [2.45, 2.75) is 19.6 Å². The zero-order valence-corrected chi connectivity index (χ0v) is 11.9. The molecule has 0 heterocycles. The fourth-order valence-corrected chi connectivity index (χ4v) is 1.73. The number of carboxylic acid groups (broad SMARTS) is 1. The molecule has 0 aliphatic heterocycles. The minimum absolute atomic E-state index is 0.0982. The van der Waals surface area contributed by atoms with Crippen LogP contribution in [-0.2, 0) is 20.9 Å². The summed E-state index contributed by atoms with van der Waals surface area (Å²) in [6.45, 7) is 2.14. The third-order valence-electron chi connectivity index (χ3n) is 2.87. The van der Waals surface area contributed by atoms with Crippen LogP contribution in [0.5, 0.6) is 0 Å². The SMILES string of the molecule is COC(C)C(=O)N(C)Cc1cccc(/C=C/C(=O)O)c1. The van der Waals surface area contributed by atoms with Gasteiger partial charge in [0.25, 0.3) is 5.91 Å². The summed E-state index contributed by atoms with van der Waals surface area (Å²) in [6.07, 6.45) is 2.13. The van der Waals surface area contributed by atoms with Crippen LogP contribution in [0.3, 0.4) is 0 Å². The van der Waals surface area contributed by atoms with Crippen molar-refractivity contribution in [2.24, 2.45) is 0 Å². The number of methoxy groups -OCH3 is 1. The summed E-state index contributed by atoms with van der Waals surface area (Å²) < 4.78 is 4.99. The molecule has 20 heavy (non-hydrogen) atoms. The average Bonchev–Trinajstić information content (AvgIpc) is 2.43. The standard InChI is InChI=1S/C15H19NO4/c1-11(20-3)15(19)16(2)10-13-6-4-5-12(9-13)7-8-14(17)18/h4-9,11H,10H2,1-3H3,(H,17,18)/b8-7+. The number of hydrogen-bond donors (Lipinski definition) is 1. The molecule has 5 nitrogen and oxygen atoms in total. The molecule has 1 unspecified atom stereocenters. The molecule has 0 aliphatic rings. The first-order chi connectivity index (χ1) is 9.43. The van der Waals surface area contributed by atoms with Gasteiger partial charge in [0.2, 0.25) is 0 Å². The Kier molecular flexibility index (Phi) is 5.93. The predicted molar refractivity (Wildman–Crippen MR) is 76.1 cm³/mol. The maximum atomic E-state index is 11.9. The minimum atomic E-state index is -0.989. The third-order valence-corrected chi connectivity index (χ3v) is 2.87. The van der Waals surface area contributed by atoms with Gasteiger partial charge in [-0.3, -0.25) is 4.79 Å². The second-order valence-corrected chi connectivity index (χ2v) is 4.49. The van der Waals surface area contributed by atoms with E-state index in [9.17, 15) is 9.59 Å². The summed E-state index contributed by atoms with van der Waals surface area (Å²) in [5.41, 5.74) is 1.71. The number of carboxylic acids is 1. The normalized spacial score (nSPS) is 12.3. The van der Waals surface area contributed by atoms with Crippen LogP contribution in [0, 0.1) is 0 Å². The summed E-state index contributed by atoms with van der Waals surface area (Å²) in [5, 5.41) is 8.60. The summed E-state index contributed by atoms with van der Waals surface area (Å²) in [6, 6.07) is 7.37. The number of nitrogens with zero attached hydrogens (tertiary/aromatic N) is 1. The first-order valence-electron chi connectivity index (χ1n) is 6.21. The second kappa shape index (κ2) is 7.45. The number of amides is 1. The van der Waals surface area contributed by atoms with Crippen LogP contribution < -0.4 is 0 Å². The molecule has 0 fully saturated rings. The highest BCUT2D eigenvalue weighted by Crippen LogP contribution is 2.10. The number of ether oxygens (including phenoxy) is 1. The number of likely N-dealkylation sites (N-methyl/N-ethyl adjacent to an activating group) is 1. The number of carbonyl (C=O) groups excluding carboxylic acids is 1. The van der Waals surface area contributed by atoms with Crippen molar-refractivity contribution in [3.05, 3.63) is 41.5 Å². The predicted octanol–water partition coefficient (Wildman–Crippen LogP) is 1.78. The Morgan fingerprint density at radius 1 is 1.45 bits per heavy atom. The Hall–Kier alpha value is -2.14. The first kappa shape index (κ1) is 15.9. The lowest BCUT2D eigenvalue weighted by Crippen LogP contribution is -2.35. The van der Waals surface area contributed by atoms with Gasteiger partial charge >= 0.3 is 5.97 Å². The second-order valence-electron chi connectivity index (χ2n) is 4.49. The molecule has 0 bridgehead atoms. The van der Waals surface area contributed by atoms with Crippen LogP contribution >= 0.6 is 0 Å². The lowest BCUT2D eigenvalue weighted by atomic mass is 10.1. The van der Waals surface area contributed by atoms with E-state index in [0.717, 1.165) is 17.2 Å². The molecular formula is C15H19NO4. The average molecular weight is 277 g/mol. The molecule has 1 aromatic rings. The maximum Gasteiger partial charge on any atom is 0.328 e. The van der Waals surface area contributed by atoms with E-state index in [1.807, 2.05) is 24.3 Å². The monoisotopic (exact) mass is 277 g/mol. The molecule has 1 N–H and O–H groups in total. The molecule has 1 rings (SSSR count). The van der Waals surface area contributed by atoms with Crippen molar-refractivity contribution in [2.75, 3.05) is 14.2 Å². The minimum Gasteiger partial charge on any atom is -0.478 e. The third kappa shape index (κ3) is 4.85. The van der Waals surface area contributed by atoms with Gasteiger partial charge < -0.3 is 14.7 Å². The Morgan fingerprint density at radius 3 is 2.75 bits per heavy atom. The van der Waals surface area contributed by atoms with Gasteiger partial charge in [-0.15, -0.1) is 0 Å². The number of carbonyl (C=O) groups is 2. The summed E-state index contributed by atoms with van der Waals surface area (Å²) in [4.78, 5) is 23.9. The Morgan fingerprint density at radius 2 is 2.15 bits per heavy atom. The summed E-state index contributed by atoms with van der Waals surface area (Å²) >= 11 is 0. The zero-order valence-electron chi connectivity index (χ0n) is 11.9. The van der Waals surface area contributed by atoms with E-state index < -0.39 is 12.1 Å². The van der Waals surface area contributed by atoms with E-state index in [2.05, 4.69) is 0 Å². The highest BCUT2D eigenvalue weighted by Gasteiger charge is 2.16. The van der Waals surface area contributed by atoms with Crippen LogP contribution in [0.4, 0.5) is 0 Å². The summed E-state index contributed by atoms with van der Waals surface area (Å²) in [7, 11) is 3.20. The van der Waals surface area contributed by atoms with Crippen LogP contribution in [0.1, 0.15) is 18.1 Å². The number of rotatable bonds is 6. The number of benzene rings is 1. The van der Waals surface area contributed by atoms with Gasteiger partial charge in [0.15, 0.2) is 0 Å². The first-order valence-corrected chi connectivity index (χ1v) is 6.21. The smallest absolute Gasteiger partial charge is 0.328 e. The van der Waals surface area contributed by atoms with Crippen molar-refractivity contribution in [3.8, 4) is 0 Å². The van der Waals surface area contributed by atoms with Gasteiger partial charge in [-0.05, 0) is 30.2 Å². The molecule has 1 atom stereocenters. The lowest BCUT2D eigenvalue weighted by Gasteiger charge is -2.20. The van der Waals surface area contributed by atoms with Gasteiger partial charge in [-0.1, -0.05) is 18.2 Å². The van der Waals surface area contributed by atoms with Crippen molar-refractivity contribution < 1.29 is 19.4 Å². The highest BCUT2D eigenvalue weighted by atomic mass is 16.5. The van der Waals surface area contributed by atoms with Crippen LogP contribution in [0.25, 0.3) is 6.08 Å². The molecule has 0 saturated carbocycles. The molecule has 1 aromatic carbocycles. The van der Waals surface area contributed by atoms with Crippen molar-refractivity contribution in [3.63, 3.8) is 0 Å². The van der Waals surface area contributed by atoms with Gasteiger partial charge in [0.1, 0.15) is 6.10 Å². The lowest BCUT2D eigenvalue weighted by molar-refractivity contribution is -0.140. The van der Waals surface area contributed by atoms with E-state index in [1.54, 1.807) is 18.9 Å². The number of aliphatic carboxylic acids is 1. The molecule has 5 heteroatoms. The van der Waals surface area contributed by atoms with Crippen molar-refractivity contribution in [1.29, 1.82) is 0 Å². The summed E-state index contributed by atoms with van der Waals surface area (Å²) in [5.74, 6) is -1.09. The Bertz CT molecular complexity index is 510. The maximum absolute atomic E-state index is 11.9. The molecule has 0 spiro atoms. The van der Waals surface area contributed by atoms with Crippen molar-refractivity contribution in [1.82, 2.24) is 4.90 Å². The largest absolute Gasteiger partial charge is 0.478 e.